The number of nitrogens with zero attached hydrogens (tertiary/aromatic N) is 1. The van der Waals surface area contributed by atoms with Gasteiger partial charge in [-0.05, 0) is 31.9 Å². The van der Waals surface area contributed by atoms with Crippen LogP contribution in [0.5, 0.6) is 0 Å². The molecule has 2 aromatic rings. The molecule has 0 aliphatic heterocycles. The van der Waals surface area contributed by atoms with Crippen LogP contribution in [0, 0.1) is 17.0 Å². The normalized spacial score (nSPS) is 10.4. The Kier molecular flexibility index (Phi) is 3.54. The van der Waals surface area contributed by atoms with Crippen LogP contribution in [0.25, 0.3) is 0 Å². The molecule has 0 atom stereocenters. The first-order chi connectivity index (χ1) is 8.16. The van der Waals surface area contributed by atoms with Crippen molar-refractivity contribution >= 4 is 17.0 Å². The summed E-state index contributed by atoms with van der Waals surface area (Å²) < 4.78 is 0. The summed E-state index contributed by atoms with van der Waals surface area (Å²) in [6.07, 6.45) is 1.58. The van der Waals surface area contributed by atoms with Gasteiger partial charge in [-0.1, -0.05) is 18.2 Å². The van der Waals surface area contributed by atoms with E-state index < -0.39 is 0 Å². The quantitative estimate of drug-likeness (QED) is 0.610. The van der Waals surface area contributed by atoms with Gasteiger partial charge in [-0.25, -0.2) is 0 Å². The maximum Gasteiger partial charge on any atom is 0.272 e. The maximum atomic E-state index is 10.8. The van der Waals surface area contributed by atoms with Gasteiger partial charge in [0.05, 0.1) is 4.92 Å². The molecule has 1 aromatic heterocycles. The number of nitro benzene ring substituents is 1. The maximum absolute atomic E-state index is 10.8. The second-order valence-corrected chi connectivity index (χ2v) is 5.27. The Morgan fingerprint density at radius 2 is 1.94 bits per heavy atom. The minimum absolute atomic E-state index is 0.223. The van der Waals surface area contributed by atoms with Crippen LogP contribution in [0.4, 0.5) is 5.69 Å². The summed E-state index contributed by atoms with van der Waals surface area (Å²) in [5, 5.41) is 10.8. The van der Waals surface area contributed by atoms with Gasteiger partial charge in [0.25, 0.3) is 5.69 Å². The second-order valence-electron chi connectivity index (χ2n) is 3.90. The number of aryl methyl sites for hydroxylation is 3. The minimum Gasteiger partial charge on any atom is -0.258 e. The van der Waals surface area contributed by atoms with Crippen molar-refractivity contribution in [1.82, 2.24) is 0 Å². The highest BCUT2D eigenvalue weighted by atomic mass is 32.1. The topological polar surface area (TPSA) is 43.1 Å². The molecule has 0 unspecified atom stereocenters. The lowest BCUT2D eigenvalue weighted by Crippen LogP contribution is -1.96. The van der Waals surface area contributed by atoms with Gasteiger partial charge in [0.2, 0.25) is 0 Å². The van der Waals surface area contributed by atoms with Gasteiger partial charge < -0.3 is 0 Å². The molecule has 0 spiro atoms. The summed E-state index contributed by atoms with van der Waals surface area (Å²) in [6.45, 7) is 2.07. The number of para-hydroxylation sites is 1. The summed E-state index contributed by atoms with van der Waals surface area (Å²) in [5.41, 5.74) is 1.03. The van der Waals surface area contributed by atoms with Crippen LogP contribution in [0.2, 0.25) is 0 Å². The summed E-state index contributed by atoms with van der Waals surface area (Å²) in [4.78, 5) is 13.1. The van der Waals surface area contributed by atoms with Crippen molar-refractivity contribution in [2.24, 2.45) is 0 Å². The summed E-state index contributed by atoms with van der Waals surface area (Å²) in [5.74, 6) is 0. The van der Waals surface area contributed by atoms with E-state index in [0.29, 0.717) is 0 Å². The van der Waals surface area contributed by atoms with Crippen molar-refractivity contribution < 1.29 is 4.92 Å². The van der Waals surface area contributed by atoms with Crippen molar-refractivity contribution in [2.75, 3.05) is 0 Å². The Hall–Kier alpha value is -1.68. The molecule has 0 fully saturated rings. The molecule has 17 heavy (non-hydrogen) atoms. The summed E-state index contributed by atoms with van der Waals surface area (Å²) >= 11 is 1.75. The lowest BCUT2D eigenvalue weighted by molar-refractivity contribution is -0.385. The monoisotopic (exact) mass is 247 g/mol. The van der Waals surface area contributed by atoms with E-state index in [0.717, 1.165) is 18.4 Å². The standard InChI is InChI=1S/C13H13NO2S/c1-10-6-8-12(17-10)9-7-11-4-2-3-5-13(11)14(15)16/h2-6,8H,7,9H2,1H3. The fourth-order valence-electron chi connectivity index (χ4n) is 1.78. The van der Waals surface area contributed by atoms with Gasteiger partial charge >= 0.3 is 0 Å². The number of hydrogen-bond donors (Lipinski definition) is 0. The smallest absolute Gasteiger partial charge is 0.258 e. The Labute approximate surface area is 104 Å². The van der Waals surface area contributed by atoms with Crippen molar-refractivity contribution in [3.63, 3.8) is 0 Å². The van der Waals surface area contributed by atoms with Crippen molar-refractivity contribution in [3.05, 3.63) is 61.8 Å². The zero-order valence-electron chi connectivity index (χ0n) is 9.55. The molecule has 88 valence electrons. The van der Waals surface area contributed by atoms with E-state index in [1.165, 1.54) is 9.75 Å². The van der Waals surface area contributed by atoms with Gasteiger partial charge in [-0.15, -0.1) is 11.3 Å². The first-order valence-electron chi connectivity index (χ1n) is 5.44. The van der Waals surface area contributed by atoms with Gasteiger partial charge in [-0.3, -0.25) is 10.1 Å². The molecule has 1 aromatic carbocycles. The molecule has 2 rings (SSSR count). The van der Waals surface area contributed by atoms with Crippen LogP contribution in [-0.2, 0) is 12.8 Å². The zero-order valence-corrected chi connectivity index (χ0v) is 10.4. The molecule has 0 amide bonds. The summed E-state index contributed by atoms with van der Waals surface area (Å²) in [6, 6.07) is 11.1. The van der Waals surface area contributed by atoms with Crippen LogP contribution >= 0.6 is 11.3 Å². The van der Waals surface area contributed by atoms with E-state index in [9.17, 15) is 10.1 Å². The second kappa shape index (κ2) is 5.10. The fraction of sp³-hybridized carbons (Fsp3) is 0.231. The molecular formula is C13H13NO2S. The van der Waals surface area contributed by atoms with E-state index in [1.807, 2.05) is 12.1 Å². The zero-order chi connectivity index (χ0) is 12.3. The molecule has 0 N–H and O–H groups in total. The largest absolute Gasteiger partial charge is 0.272 e. The summed E-state index contributed by atoms with van der Waals surface area (Å²) in [7, 11) is 0. The lowest BCUT2D eigenvalue weighted by Gasteiger charge is -2.01. The third-order valence-electron chi connectivity index (χ3n) is 2.63. The van der Waals surface area contributed by atoms with Crippen molar-refractivity contribution in [2.45, 2.75) is 19.8 Å². The van der Waals surface area contributed by atoms with E-state index in [1.54, 1.807) is 23.5 Å². The van der Waals surface area contributed by atoms with Crippen LogP contribution in [0.1, 0.15) is 15.3 Å². The molecule has 0 radical (unpaired) electrons. The Morgan fingerprint density at radius 3 is 2.59 bits per heavy atom. The van der Waals surface area contributed by atoms with Gasteiger partial charge in [0, 0.05) is 21.4 Å². The van der Waals surface area contributed by atoms with Crippen LogP contribution in [0.15, 0.2) is 36.4 Å². The van der Waals surface area contributed by atoms with Crippen LogP contribution in [-0.4, -0.2) is 4.92 Å². The Balaban J connectivity index is 2.11. The average Bonchev–Trinajstić information content (AvgIpc) is 2.73. The predicted octanol–water partition coefficient (Wildman–Crippen LogP) is 3.75. The average molecular weight is 247 g/mol. The van der Waals surface area contributed by atoms with E-state index in [4.69, 9.17) is 0 Å². The van der Waals surface area contributed by atoms with Gasteiger partial charge in [0.15, 0.2) is 0 Å². The molecule has 0 aliphatic carbocycles. The molecule has 0 saturated carbocycles. The first-order valence-corrected chi connectivity index (χ1v) is 6.26. The fourth-order valence-corrected chi connectivity index (χ4v) is 2.67. The molecule has 0 saturated heterocycles. The minimum atomic E-state index is -0.311. The van der Waals surface area contributed by atoms with E-state index in [2.05, 4.69) is 19.1 Å². The highest BCUT2D eigenvalue weighted by Crippen LogP contribution is 2.22. The lowest BCUT2D eigenvalue weighted by atomic mass is 10.1. The number of benzene rings is 1. The molecule has 3 nitrogen and oxygen atoms in total. The first kappa shape index (κ1) is 11.8. The van der Waals surface area contributed by atoms with Crippen LogP contribution < -0.4 is 0 Å². The van der Waals surface area contributed by atoms with E-state index >= 15 is 0 Å². The molecule has 4 heteroatoms. The third kappa shape index (κ3) is 2.91. The van der Waals surface area contributed by atoms with Crippen molar-refractivity contribution in [1.29, 1.82) is 0 Å². The van der Waals surface area contributed by atoms with E-state index in [-0.39, 0.29) is 10.6 Å². The number of thiophene rings is 1. The van der Waals surface area contributed by atoms with Crippen molar-refractivity contribution in [3.8, 4) is 0 Å². The molecule has 1 heterocycles. The van der Waals surface area contributed by atoms with Gasteiger partial charge in [0.1, 0.15) is 0 Å². The molecule has 0 aliphatic rings. The number of hydrogen-bond acceptors (Lipinski definition) is 3. The molecule has 0 bridgehead atoms. The Morgan fingerprint density at radius 1 is 1.18 bits per heavy atom. The van der Waals surface area contributed by atoms with Gasteiger partial charge in [-0.2, -0.15) is 0 Å². The van der Waals surface area contributed by atoms with Crippen LogP contribution in [0.3, 0.4) is 0 Å². The Bertz CT molecular complexity index is 534. The highest BCUT2D eigenvalue weighted by Gasteiger charge is 2.11. The third-order valence-corrected chi connectivity index (χ3v) is 3.69. The highest BCUT2D eigenvalue weighted by molar-refractivity contribution is 7.11. The predicted molar refractivity (Wildman–Crippen MR) is 69.6 cm³/mol. The number of rotatable bonds is 4. The number of nitro groups is 1. The SMILES string of the molecule is Cc1ccc(CCc2ccccc2[N+](=O)[O-])s1. The molecular weight excluding hydrogens is 234 g/mol.